The molecular weight excluding hydrogens is 1610 g/mol. The first-order valence-corrected chi connectivity index (χ1v) is 41.9. The summed E-state index contributed by atoms with van der Waals surface area (Å²) in [6.07, 6.45) is 1.48. The fraction of sp³-hybridized carbons (Fsp3) is 0.650. The Morgan fingerprint density at radius 2 is 0.620 bits per heavy atom. The summed E-state index contributed by atoms with van der Waals surface area (Å²) >= 11 is 6.07. The molecule has 0 aromatic carbocycles. The number of hydrogen-bond donors (Lipinski definition) is 9. The van der Waals surface area contributed by atoms with Crippen molar-refractivity contribution in [2.75, 3.05) is 141 Å². The van der Waals surface area contributed by atoms with Crippen LogP contribution in [-0.4, -0.2) is 277 Å². The lowest BCUT2D eigenvalue weighted by atomic mass is 9.92. The van der Waals surface area contributed by atoms with Crippen LogP contribution in [0.2, 0.25) is 5.15 Å². The lowest BCUT2D eigenvalue weighted by Gasteiger charge is -2.33. The number of nitrogens with one attached hydrogen (secondary N) is 5. The molecule has 4 saturated carbocycles. The molecule has 12 heterocycles. The van der Waals surface area contributed by atoms with Crippen LogP contribution < -0.4 is 41.3 Å². The molecule has 8 aromatic heterocycles. The van der Waals surface area contributed by atoms with Gasteiger partial charge in [-0.05, 0) is 131 Å². The van der Waals surface area contributed by atoms with E-state index in [1.54, 1.807) is 24.8 Å². The van der Waals surface area contributed by atoms with E-state index in [0.29, 0.717) is 175 Å². The standard InChI is InChI=1S/3C20H28F2N6O2.C15H18ClF2N5.C5H11NO2/c3*1-13-9-14(2)28(26-13)19-24-17(23-15-3-5-20(21,22)6-4-15)10-18(25-19)27-7-8-30-16(11-27)12-29;1-9-7-10(2)23(22-9)14-20-12(16)8-13(21-14)19-11-3-5-15(17,18)6-4-11;7-4-5-3-6-1-2-8-5/h3*9-10,15-16,29H,3-8,11-12H2,1-2H3,(H,23,24,25);7-8,11H,3-6H2,1-2H3,(H,19,20,21);5-7H,1-4H2/t16-;;;;/m0..../s1. The number of nitrogens with zero attached hydrogens (tertiary/aromatic N) is 19. The van der Waals surface area contributed by atoms with E-state index in [0.717, 1.165) is 65.2 Å². The van der Waals surface area contributed by atoms with Crippen molar-refractivity contribution in [2.24, 2.45) is 0 Å². The molecule has 8 aromatic rings. The number of ether oxygens (including phenoxy) is 4. The maximum atomic E-state index is 13.5. The predicted molar refractivity (Wildman–Crippen MR) is 440 cm³/mol. The highest BCUT2D eigenvalue weighted by atomic mass is 35.5. The fourth-order valence-electron chi connectivity index (χ4n) is 15.6. The highest BCUT2D eigenvalue weighted by Gasteiger charge is 2.40. The van der Waals surface area contributed by atoms with Crippen LogP contribution in [0.1, 0.15) is 148 Å². The molecule has 32 nitrogen and oxygen atoms in total. The van der Waals surface area contributed by atoms with Crippen LogP contribution in [0.5, 0.6) is 0 Å². The Hall–Kier alpha value is -8.87. The molecule has 4 aliphatic heterocycles. The molecule has 0 radical (unpaired) electrons. The van der Waals surface area contributed by atoms with Crippen molar-refractivity contribution in [2.45, 2.75) is 230 Å². The number of aliphatic hydroxyl groups excluding tert-OH is 4. The zero-order chi connectivity index (χ0) is 86.3. The van der Waals surface area contributed by atoms with E-state index in [9.17, 15) is 50.4 Å². The number of halogens is 9. The van der Waals surface area contributed by atoms with E-state index >= 15 is 0 Å². The van der Waals surface area contributed by atoms with Crippen molar-refractivity contribution in [3.05, 3.63) is 99.2 Å². The van der Waals surface area contributed by atoms with E-state index in [4.69, 9.17) is 50.6 Å². The van der Waals surface area contributed by atoms with Gasteiger partial charge in [-0.3, -0.25) is 0 Å². The summed E-state index contributed by atoms with van der Waals surface area (Å²) < 4.78 is 136. The van der Waals surface area contributed by atoms with E-state index < -0.39 is 23.7 Å². The molecule has 16 rings (SSSR count). The molecule has 4 atom stereocenters. The van der Waals surface area contributed by atoms with Crippen molar-refractivity contribution in [3.63, 3.8) is 0 Å². The van der Waals surface area contributed by atoms with Crippen LogP contribution in [0, 0.1) is 55.4 Å². The second-order valence-electron chi connectivity index (χ2n) is 32.3. The largest absolute Gasteiger partial charge is 0.394 e. The smallest absolute Gasteiger partial charge is 0.254 e. The minimum absolute atomic E-state index is 0.0312. The van der Waals surface area contributed by atoms with Gasteiger partial charge in [0.15, 0.2) is 0 Å². The zero-order valence-corrected chi connectivity index (χ0v) is 70.4. The van der Waals surface area contributed by atoms with Crippen molar-refractivity contribution >= 4 is 52.3 Å². The number of morpholine rings is 4. The van der Waals surface area contributed by atoms with Gasteiger partial charge in [-0.1, -0.05) is 11.6 Å². The van der Waals surface area contributed by atoms with Crippen LogP contribution in [0.4, 0.5) is 75.8 Å². The highest BCUT2D eigenvalue weighted by molar-refractivity contribution is 6.29. The van der Waals surface area contributed by atoms with Crippen molar-refractivity contribution in [1.29, 1.82) is 0 Å². The maximum absolute atomic E-state index is 13.5. The third-order valence-electron chi connectivity index (χ3n) is 22.1. The molecule has 0 bridgehead atoms. The minimum Gasteiger partial charge on any atom is -0.394 e. The molecule has 0 amide bonds. The summed E-state index contributed by atoms with van der Waals surface area (Å²) in [6.45, 7) is 22.6. The summed E-state index contributed by atoms with van der Waals surface area (Å²) in [5.41, 5.74) is 7.05. The Balaban J connectivity index is 0.000000144. The summed E-state index contributed by atoms with van der Waals surface area (Å²) in [4.78, 5) is 42.7. The van der Waals surface area contributed by atoms with Gasteiger partial charge in [-0.2, -0.15) is 60.3 Å². The van der Waals surface area contributed by atoms with Crippen LogP contribution in [0.25, 0.3) is 23.8 Å². The van der Waals surface area contributed by atoms with Gasteiger partial charge in [0.25, 0.3) is 23.8 Å². The molecule has 9 N–H and O–H groups in total. The quantitative estimate of drug-likeness (QED) is 0.0268. The second kappa shape index (κ2) is 41.1. The third-order valence-corrected chi connectivity index (χ3v) is 22.3. The summed E-state index contributed by atoms with van der Waals surface area (Å²) in [5.74, 6) is -4.25. The Kier molecular flexibility index (Phi) is 31.0. The van der Waals surface area contributed by atoms with Gasteiger partial charge in [0.1, 0.15) is 45.9 Å². The fourth-order valence-corrected chi connectivity index (χ4v) is 15.8. The van der Waals surface area contributed by atoms with Gasteiger partial charge < -0.3 is 80.7 Å². The van der Waals surface area contributed by atoms with Crippen LogP contribution in [-0.2, 0) is 18.9 Å². The Bertz CT molecular complexity index is 4290. The molecule has 664 valence electrons. The van der Waals surface area contributed by atoms with Crippen LogP contribution in [0.3, 0.4) is 0 Å². The Morgan fingerprint density at radius 1 is 0.364 bits per heavy atom. The first-order valence-electron chi connectivity index (χ1n) is 41.5. The lowest BCUT2D eigenvalue weighted by molar-refractivity contribution is -0.0366. The summed E-state index contributed by atoms with van der Waals surface area (Å²) in [7, 11) is 0. The minimum atomic E-state index is -2.57. The van der Waals surface area contributed by atoms with Gasteiger partial charge in [0, 0.05) is 175 Å². The maximum Gasteiger partial charge on any atom is 0.254 e. The second-order valence-corrected chi connectivity index (χ2v) is 32.7. The average Bonchev–Trinajstić information content (AvgIpc) is 1.73. The number of rotatable bonds is 19. The molecular formula is C80H113ClF8N24O8. The monoisotopic (exact) mass is 1720 g/mol. The molecule has 8 fully saturated rings. The number of aryl methyl sites for hydroxylation is 8. The van der Waals surface area contributed by atoms with Gasteiger partial charge in [0.05, 0.1) is 100 Å². The van der Waals surface area contributed by atoms with Crippen molar-refractivity contribution in [1.82, 2.24) is 84.3 Å². The molecule has 8 aliphatic rings. The van der Waals surface area contributed by atoms with Crippen LogP contribution >= 0.6 is 11.6 Å². The number of alkyl halides is 8. The normalized spacial score (nSPS) is 22.0. The van der Waals surface area contributed by atoms with Crippen molar-refractivity contribution in [3.8, 4) is 23.8 Å². The zero-order valence-electron chi connectivity index (χ0n) is 69.7. The average molecular weight is 1730 g/mol. The molecule has 0 spiro atoms. The van der Waals surface area contributed by atoms with E-state index in [2.05, 4.69) is 71.9 Å². The predicted octanol–water partition coefficient (Wildman–Crippen LogP) is 10.3. The molecule has 4 saturated heterocycles. The first-order chi connectivity index (χ1) is 57.7. The summed E-state index contributed by atoms with van der Waals surface area (Å²) in [6, 6.07) is 14.7. The SMILES string of the molecule is Cc1cc(C)n(-c2nc(Cl)cc(NC3CCC(F)(F)CC3)n2)n1.Cc1cc(C)n(-c2nc(NC3CCC(F)(F)CC3)cc(N3CCOC(CO)C3)n2)n1.Cc1cc(C)n(-c2nc(NC3CCC(F)(F)CC3)cc(N3CCOC(CO)C3)n2)n1.Cc1cc(C)n(-c2nc(NC3CCC(F)(F)CC3)cc(N3CCO[C@H](CO)C3)n2)n1.OCC1CNCCO1. The number of hydrogen-bond acceptors (Lipinski definition) is 28. The van der Waals surface area contributed by atoms with Gasteiger partial charge in [0.2, 0.25) is 23.7 Å². The number of aliphatic hydroxyl groups is 4. The molecule has 4 aliphatic carbocycles. The van der Waals surface area contributed by atoms with Crippen molar-refractivity contribution < 1.29 is 74.5 Å². The number of aromatic nitrogens is 16. The first kappa shape index (κ1) is 91.3. The Morgan fingerprint density at radius 3 is 0.851 bits per heavy atom. The van der Waals surface area contributed by atoms with E-state index in [1.165, 1.54) is 0 Å². The molecule has 121 heavy (non-hydrogen) atoms. The van der Waals surface area contributed by atoms with E-state index in [-0.39, 0.29) is 132 Å². The highest BCUT2D eigenvalue weighted by Crippen LogP contribution is 2.39. The molecule has 41 heteroatoms. The van der Waals surface area contributed by atoms with Gasteiger partial charge in [-0.25, -0.2) is 53.9 Å². The number of anilines is 7. The summed E-state index contributed by atoms with van der Waals surface area (Å²) in [5, 5.41) is 71.3. The van der Waals surface area contributed by atoms with Crippen LogP contribution in [0.15, 0.2) is 48.5 Å². The van der Waals surface area contributed by atoms with Gasteiger partial charge in [-0.15, -0.1) is 0 Å². The Labute approximate surface area is 702 Å². The topological polar surface area (TPSA) is 362 Å². The van der Waals surface area contributed by atoms with E-state index in [1.807, 2.05) is 113 Å². The molecule has 3 unspecified atom stereocenters. The van der Waals surface area contributed by atoms with Gasteiger partial charge >= 0.3 is 0 Å². The third kappa shape index (κ3) is 26.1. The lowest BCUT2D eigenvalue weighted by Crippen LogP contribution is -2.44.